The molecule has 1 saturated carbocycles. The van der Waals surface area contributed by atoms with Gasteiger partial charge in [-0.1, -0.05) is 42.5 Å². The summed E-state index contributed by atoms with van der Waals surface area (Å²) in [6.07, 6.45) is 2.38. The number of esters is 1. The second kappa shape index (κ2) is 8.90. The maximum Gasteiger partial charge on any atom is 0.325 e. The lowest BCUT2D eigenvalue weighted by Gasteiger charge is -2.13. The van der Waals surface area contributed by atoms with E-state index in [-0.39, 0.29) is 37.1 Å². The van der Waals surface area contributed by atoms with Gasteiger partial charge in [-0.05, 0) is 30.5 Å². The van der Waals surface area contributed by atoms with Gasteiger partial charge >= 0.3 is 5.97 Å². The summed E-state index contributed by atoms with van der Waals surface area (Å²) in [6.45, 7) is -0.0174. The fraction of sp³-hybridized carbons (Fsp3) is 0.304. The van der Waals surface area contributed by atoms with Gasteiger partial charge < -0.3 is 10.1 Å². The van der Waals surface area contributed by atoms with E-state index in [9.17, 15) is 14.4 Å². The number of nitrogens with zero attached hydrogens (tertiary/aromatic N) is 2. The Morgan fingerprint density at radius 1 is 1.07 bits per heavy atom. The van der Waals surface area contributed by atoms with E-state index in [0.29, 0.717) is 23.1 Å². The van der Waals surface area contributed by atoms with Crippen molar-refractivity contribution in [1.82, 2.24) is 14.9 Å². The second-order valence-electron chi connectivity index (χ2n) is 7.37. The van der Waals surface area contributed by atoms with Crippen molar-refractivity contribution in [2.45, 2.75) is 38.3 Å². The normalized spacial score (nSPS) is 13.2. The molecule has 0 unspecified atom stereocenters. The highest BCUT2D eigenvalue weighted by Crippen LogP contribution is 2.34. The molecule has 0 spiro atoms. The van der Waals surface area contributed by atoms with Gasteiger partial charge in [-0.3, -0.25) is 19.0 Å². The molecule has 1 amide bonds. The first-order valence-electron chi connectivity index (χ1n) is 10.1. The Bertz CT molecular complexity index is 1120. The maximum absolute atomic E-state index is 12.8. The Morgan fingerprint density at radius 2 is 1.80 bits per heavy atom. The van der Waals surface area contributed by atoms with E-state index in [1.807, 2.05) is 42.5 Å². The number of carbonyl (C=O) groups is 2. The first-order chi connectivity index (χ1) is 14.6. The molecular formula is C23H23N3O4. The lowest BCUT2D eigenvalue weighted by Crippen LogP contribution is -2.31. The molecule has 1 fully saturated rings. The minimum absolute atomic E-state index is 0.0528. The summed E-state index contributed by atoms with van der Waals surface area (Å²) in [5.41, 5.74) is 1.47. The monoisotopic (exact) mass is 405 g/mol. The number of amides is 1. The molecule has 1 N–H and O–H groups in total. The number of benzene rings is 2. The van der Waals surface area contributed by atoms with Crippen molar-refractivity contribution in [3.8, 4) is 0 Å². The van der Waals surface area contributed by atoms with Crippen molar-refractivity contribution >= 4 is 22.8 Å². The number of rotatable bonds is 8. The van der Waals surface area contributed by atoms with Crippen molar-refractivity contribution in [2.75, 3.05) is 6.54 Å². The minimum atomic E-state index is -0.495. The molecule has 0 radical (unpaired) electrons. The smallest absolute Gasteiger partial charge is 0.325 e. The summed E-state index contributed by atoms with van der Waals surface area (Å²) in [4.78, 5) is 41.5. The summed E-state index contributed by atoms with van der Waals surface area (Å²) in [6, 6.07) is 16.8. The number of ether oxygens (including phenoxy) is 1. The zero-order valence-electron chi connectivity index (χ0n) is 16.5. The van der Waals surface area contributed by atoms with Crippen LogP contribution in [0.4, 0.5) is 0 Å². The van der Waals surface area contributed by atoms with Gasteiger partial charge in [-0.15, -0.1) is 0 Å². The average Bonchev–Trinajstić information content (AvgIpc) is 3.60. The predicted octanol–water partition coefficient (Wildman–Crippen LogP) is 2.52. The van der Waals surface area contributed by atoms with Crippen LogP contribution in [0.3, 0.4) is 0 Å². The number of hydrogen-bond acceptors (Lipinski definition) is 5. The van der Waals surface area contributed by atoms with Gasteiger partial charge in [-0.25, -0.2) is 4.98 Å². The maximum atomic E-state index is 12.8. The van der Waals surface area contributed by atoms with Gasteiger partial charge in [0.25, 0.3) is 5.56 Å². The molecule has 0 saturated heterocycles. The van der Waals surface area contributed by atoms with Crippen LogP contribution in [0.15, 0.2) is 59.4 Å². The highest BCUT2D eigenvalue weighted by Gasteiger charge is 2.28. The number of aromatic nitrogens is 2. The molecule has 0 aliphatic heterocycles. The van der Waals surface area contributed by atoms with Crippen molar-refractivity contribution < 1.29 is 14.3 Å². The summed E-state index contributed by atoms with van der Waals surface area (Å²) >= 11 is 0. The Hall–Kier alpha value is -3.48. The Kier molecular flexibility index (Phi) is 5.88. The van der Waals surface area contributed by atoms with E-state index < -0.39 is 5.97 Å². The largest absolute Gasteiger partial charge is 0.460 e. The third-order valence-electron chi connectivity index (χ3n) is 5.04. The van der Waals surface area contributed by atoms with Crippen molar-refractivity contribution in [2.24, 2.45) is 0 Å². The van der Waals surface area contributed by atoms with Crippen LogP contribution in [0.1, 0.15) is 36.7 Å². The van der Waals surface area contributed by atoms with Gasteiger partial charge in [-0.2, -0.15) is 0 Å². The third kappa shape index (κ3) is 4.74. The van der Waals surface area contributed by atoms with Gasteiger partial charge in [0.2, 0.25) is 5.91 Å². The minimum Gasteiger partial charge on any atom is -0.460 e. The standard InChI is InChI=1S/C23H23N3O4/c27-21(24-14-22(28)30-15-16-6-2-1-3-7-16)13-12-20-25-19-9-5-4-8-18(19)23(29)26(20)17-10-11-17/h1-9,17H,10-15H2,(H,24,27). The molecule has 2 aromatic carbocycles. The number of carbonyl (C=O) groups excluding carboxylic acids is 2. The second-order valence-corrected chi connectivity index (χ2v) is 7.37. The Balaban J connectivity index is 1.33. The fourth-order valence-electron chi connectivity index (χ4n) is 3.35. The van der Waals surface area contributed by atoms with E-state index in [2.05, 4.69) is 10.3 Å². The SMILES string of the molecule is O=C(CCc1nc2ccccc2c(=O)n1C1CC1)NCC(=O)OCc1ccccc1. The number of aryl methyl sites for hydroxylation is 1. The van der Waals surface area contributed by atoms with Crippen LogP contribution in [0, 0.1) is 0 Å². The lowest BCUT2D eigenvalue weighted by atomic mass is 10.2. The average molecular weight is 405 g/mol. The molecule has 1 aliphatic carbocycles. The van der Waals surface area contributed by atoms with Crippen LogP contribution >= 0.6 is 0 Å². The molecule has 7 heteroatoms. The molecule has 0 bridgehead atoms. The summed E-state index contributed by atoms with van der Waals surface area (Å²) in [5, 5.41) is 3.17. The molecule has 1 aromatic heterocycles. The molecule has 30 heavy (non-hydrogen) atoms. The van der Waals surface area contributed by atoms with Gasteiger partial charge in [0, 0.05) is 18.9 Å². The quantitative estimate of drug-likeness (QED) is 0.582. The van der Waals surface area contributed by atoms with Crippen LogP contribution in [0.25, 0.3) is 10.9 Å². The highest BCUT2D eigenvalue weighted by molar-refractivity contribution is 5.82. The van der Waals surface area contributed by atoms with Crippen molar-refractivity contribution in [1.29, 1.82) is 0 Å². The number of para-hydroxylation sites is 1. The van der Waals surface area contributed by atoms with Crippen LogP contribution in [-0.4, -0.2) is 28.0 Å². The van der Waals surface area contributed by atoms with E-state index in [0.717, 1.165) is 18.4 Å². The van der Waals surface area contributed by atoms with Gasteiger partial charge in [0.1, 0.15) is 19.0 Å². The first kappa shape index (κ1) is 19.8. The zero-order valence-corrected chi connectivity index (χ0v) is 16.5. The fourth-order valence-corrected chi connectivity index (χ4v) is 3.35. The molecule has 0 atom stereocenters. The summed E-state index contributed by atoms with van der Waals surface area (Å²) in [5.74, 6) is -0.162. The van der Waals surface area contributed by atoms with Crippen LogP contribution in [0.5, 0.6) is 0 Å². The lowest BCUT2D eigenvalue weighted by molar-refractivity contribution is -0.145. The highest BCUT2D eigenvalue weighted by atomic mass is 16.5. The third-order valence-corrected chi connectivity index (χ3v) is 5.04. The topological polar surface area (TPSA) is 90.3 Å². The summed E-state index contributed by atoms with van der Waals surface area (Å²) in [7, 11) is 0. The van der Waals surface area contributed by atoms with Crippen molar-refractivity contribution in [3.63, 3.8) is 0 Å². The van der Waals surface area contributed by atoms with Gasteiger partial charge in [0.15, 0.2) is 0 Å². The first-order valence-corrected chi connectivity index (χ1v) is 10.1. The molecule has 1 aliphatic rings. The van der Waals surface area contributed by atoms with Crippen LogP contribution < -0.4 is 10.9 Å². The number of hydrogen-bond donors (Lipinski definition) is 1. The van der Waals surface area contributed by atoms with E-state index >= 15 is 0 Å². The van der Waals surface area contributed by atoms with E-state index in [4.69, 9.17) is 4.74 Å². The molecular weight excluding hydrogens is 382 g/mol. The van der Waals surface area contributed by atoms with Crippen LogP contribution in [0.2, 0.25) is 0 Å². The number of fused-ring (bicyclic) bond motifs is 1. The van der Waals surface area contributed by atoms with Gasteiger partial charge in [0.05, 0.1) is 10.9 Å². The molecule has 1 heterocycles. The number of nitrogens with one attached hydrogen (secondary N) is 1. The Morgan fingerprint density at radius 3 is 2.57 bits per heavy atom. The Labute approximate surface area is 173 Å². The summed E-state index contributed by atoms with van der Waals surface area (Å²) < 4.78 is 6.88. The molecule has 7 nitrogen and oxygen atoms in total. The van der Waals surface area contributed by atoms with Crippen LogP contribution in [-0.2, 0) is 27.4 Å². The molecule has 3 aromatic rings. The zero-order chi connectivity index (χ0) is 20.9. The van der Waals surface area contributed by atoms with Crippen molar-refractivity contribution in [3.05, 3.63) is 76.3 Å². The predicted molar refractivity (Wildman–Crippen MR) is 112 cm³/mol. The van der Waals surface area contributed by atoms with E-state index in [1.54, 1.807) is 16.7 Å². The molecule has 154 valence electrons. The molecule has 4 rings (SSSR count). The van der Waals surface area contributed by atoms with E-state index in [1.165, 1.54) is 0 Å².